The fourth-order valence-corrected chi connectivity index (χ4v) is 3.82. The highest BCUT2D eigenvalue weighted by molar-refractivity contribution is 7.86. The topological polar surface area (TPSA) is 52.6 Å². The second kappa shape index (κ2) is 6.96. The number of carbonyl (C=O) groups is 1. The molecule has 23 heavy (non-hydrogen) atoms. The predicted octanol–water partition coefficient (Wildman–Crippen LogP) is 2.87. The van der Waals surface area contributed by atoms with E-state index in [4.69, 9.17) is 9.47 Å². The Hall–Kier alpha value is -2.14. The molecule has 0 saturated carbocycles. The van der Waals surface area contributed by atoms with Crippen LogP contribution in [-0.4, -0.2) is 28.1 Å². The summed E-state index contributed by atoms with van der Waals surface area (Å²) in [4.78, 5) is 12.6. The molecule has 0 radical (unpaired) electrons. The van der Waals surface area contributed by atoms with Gasteiger partial charge in [-0.15, -0.1) is 0 Å². The van der Waals surface area contributed by atoms with Gasteiger partial charge in [-0.3, -0.25) is 9.00 Å². The highest BCUT2D eigenvalue weighted by atomic mass is 32.2. The highest BCUT2D eigenvalue weighted by Crippen LogP contribution is 2.24. The molecule has 2 aromatic rings. The van der Waals surface area contributed by atoms with Gasteiger partial charge in [-0.05, 0) is 31.2 Å². The Kier molecular flexibility index (Phi) is 4.76. The molecule has 0 spiro atoms. The van der Waals surface area contributed by atoms with Gasteiger partial charge < -0.3 is 9.47 Å². The van der Waals surface area contributed by atoms with Crippen LogP contribution < -0.4 is 4.74 Å². The number of esters is 1. The van der Waals surface area contributed by atoms with Crippen molar-refractivity contribution in [1.29, 1.82) is 0 Å². The SMILES string of the molecule is Cc1ccc(OCC2CC(S(=O)c3ccccc3)C(=O)O2)cc1. The van der Waals surface area contributed by atoms with Gasteiger partial charge in [0.05, 0.1) is 10.8 Å². The fraction of sp³-hybridized carbons (Fsp3) is 0.278. The second-order valence-corrected chi connectivity index (χ2v) is 7.15. The molecule has 3 unspecified atom stereocenters. The number of benzene rings is 2. The van der Waals surface area contributed by atoms with Gasteiger partial charge in [0.25, 0.3) is 0 Å². The van der Waals surface area contributed by atoms with Crippen LogP contribution in [0.5, 0.6) is 5.75 Å². The number of aryl methyl sites for hydroxylation is 1. The van der Waals surface area contributed by atoms with Gasteiger partial charge >= 0.3 is 5.97 Å². The summed E-state index contributed by atoms with van der Waals surface area (Å²) in [5.41, 5.74) is 1.16. The van der Waals surface area contributed by atoms with Crippen molar-refractivity contribution in [2.45, 2.75) is 29.6 Å². The summed E-state index contributed by atoms with van der Waals surface area (Å²) >= 11 is 0. The van der Waals surface area contributed by atoms with Crippen molar-refractivity contribution in [3.63, 3.8) is 0 Å². The molecule has 0 amide bonds. The molecule has 3 atom stereocenters. The Balaban J connectivity index is 1.59. The van der Waals surface area contributed by atoms with E-state index in [1.54, 1.807) is 12.1 Å². The summed E-state index contributed by atoms with van der Waals surface area (Å²) in [6.45, 7) is 2.28. The molecule has 0 N–H and O–H groups in total. The van der Waals surface area contributed by atoms with Gasteiger partial charge in [0, 0.05) is 11.3 Å². The Labute approximate surface area is 137 Å². The van der Waals surface area contributed by atoms with Crippen LogP contribution in [0.1, 0.15) is 12.0 Å². The number of hydrogen-bond donors (Lipinski definition) is 0. The molecule has 5 heteroatoms. The van der Waals surface area contributed by atoms with E-state index in [1.807, 2.05) is 49.4 Å². The summed E-state index contributed by atoms with van der Waals surface area (Å²) in [5, 5.41) is -0.621. The Morgan fingerprint density at radius 3 is 2.52 bits per heavy atom. The Morgan fingerprint density at radius 1 is 1.13 bits per heavy atom. The van der Waals surface area contributed by atoms with Crippen molar-refractivity contribution >= 4 is 16.8 Å². The van der Waals surface area contributed by atoms with E-state index in [1.165, 1.54) is 0 Å². The lowest BCUT2D eigenvalue weighted by Gasteiger charge is -2.11. The van der Waals surface area contributed by atoms with Gasteiger partial charge in [-0.25, -0.2) is 0 Å². The number of hydrogen-bond acceptors (Lipinski definition) is 4. The van der Waals surface area contributed by atoms with E-state index in [-0.39, 0.29) is 12.7 Å². The lowest BCUT2D eigenvalue weighted by molar-refractivity contribution is -0.142. The minimum absolute atomic E-state index is 0.275. The molecule has 1 aliphatic rings. The van der Waals surface area contributed by atoms with Crippen LogP contribution >= 0.6 is 0 Å². The minimum atomic E-state index is -1.39. The number of carbonyl (C=O) groups excluding carboxylic acids is 1. The highest BCUT2D eigenvalue weighted by Gasteiger charge is 2.39. The lowest BCUT2D eigenvalue weighted by Crippen LogP contribution is -2.20. The average molecular weight is 330 g/mol. The van der Waals surface area contributed by atoms with Crippen LogP contribution in [0, 0.1) is 6.92 Å². The molecule has 0 aromatic heterocycles. The van der Waals surface area contributed by atoms with Crippen LogP contribution in [0.3, 0.4) is 0 Å². The zero-order chi connectivity index (χ0) is 16.2. The van der Waals surface area contributed by atoms with Crippen molar-refractivity contribution < 1.29 is 18.5 Å². The third-order valence-electron chi connectivity index (χ3n) is 3.71. The monoisotopic (exact) mass is 330 g/mol. The molecule has 1 heterocycles. The van der Waals surface area contributed by atoms with Crippen LogP contribution in [0.4, 0.5) is 0 Å². The van der Waals surface area contributed by atoms with Crippen molar-refractivity contribution in [3.05, 3.63) is 60.2 Å². The molecule has 4 nitrogen and oxygen atoms in total. The number of rotatable bonds is 5. The summed E-state index contributed by atoms with van der Waals surface area (Å²) in [5.74, 6) is 0.323. The zero-order valence-corrected chi connectivity index (χ0v) is 13.6. The molecular weight excluding hydrogens is 312 g/mol. The maximum atomic E-state index is 12.5. The van der Waals surface area contributed by atoms with Crippen LogP contribution in [0.15, 0.2) is 59.5 Å². The van der Waals surface area contributed by atoms with Gasteiger partial charge in [-0.1, -0.05) is 35.9 Å². The first-order valence-corrected chi connectivity index (χ1v) is 8.70. The number of cyclic esters (lactones) is 1. The molecule has 0 bridgehead atoms. The molecule has 2 aromatic carbocycles. The van der Waals surface area contributed by atoms with E-state index < -0.39 is 22.0 Å². The summed E-state index contributed by atoms with van der Waals surface area (Å²) < 4.78 is 23.4. The first-order chi connectivity index (χ1) is 11.1. The third kappa shape index (κ3) is 3.79. The van der Waals surface area contributed by atoms with E-state index in [2.05, 4.69) is 0 Å². The summed E-state index contributed by atoms with van der Waals surface area (Å²) in [7, 11) is -1.39. The van der Waals surface area contributed by atoms with Crippen LogP contribution in [0.25, 0.3) is 0 Å². The van der Waals surface area contributed by atoms with Crippen LogP contribution in [-0.2, 0) is 20.3 Å². The summed E-state index contributed by atoms with van der Waals surface area (Å²) in [6.07, 6.45) is 0.0492. The van der Waals surface area contributed by atoms with E-state index in [0.717, 1.165) is 11.3 Å². The van der Waals surface area contributed by atoms with Gasteiger partial charge in [0.2, 0.25) is 0 Å². The largest absolute Gasteiger partial charge is 0.490 e. The molecule has 3 rings (SSSR count). The van der Waals surface area contributed by atoms with E-state index in [0.29, 0.717) is 11.3 Å². The maximum absolute atomic E-state index is 12.5. The molecule has 120 valence electrons. The quantitative estimate of drug-likeness (QED) is 0.791. The first-order valence-electron chi connectivity index (χ1n) is 7.49. The molecule has 0 aliphatic carbocycles. The number of ether oxygens (including phenoxy) is 2. The van der Waals surface area contributed by atoms with Crippen molar-refractivity contribution in [2.24, 2.45) is 0 Å². The van der Waals surface area contributed by atoms with Gasteiger partial charge in [0.1, 0.15) is 23.7 Å². The Morgan fingerprint density at radius 2 is 1.83 bits per heavy atom. The van der Waals surface area contributed by atoms with Crippen molar-refractivity contribution in [1.82, 2.24) is 0 Å². The smallest absolute Gasteiger partial charge is 0.322 e. The minimum Gasteiger partial charge on any atom is -0.490 e. The standard InChI is InChI=1S/C18H18O4S/c1-13-7-9-14(10-8-13)21-12-15-11-17(18(19)22-15)23(20)16-5-3-2-4-6-16/h2-10,15,17H,11-12H2,1H3. The fourth-order valence-electron chi connectivity index (χ4n) is 2.44. The van der Waals surface area contributed by atoms with E-state index in [9.17, 15) is 9.00 Å². The normalized spacial score (nSPS) is 21.7. The Bertz CT molecular complexity index is 697. The van der Waals surface area contributed by atoms with Crippen molar-refractivity contribution in [2.75, 3.05) is 6.61 Å². The van der Waals surface area contributed by atoms with Gasteiger partial charge in [0.15, 0.2) is 0 Å². The zero-order valence-electron chi connectivity index (χ0n) is 12.8. The van der Waals surface area contributed by atoms with E-state index >= 15 is 0 Å². The first kappa shape index (κ1) is 15.7. The lowest BCUT2D eigenvalue weighted by atomic mass is 10.2. The van der Waals surface area contributed by atoms with Crippen LogP contribution in [0.2, 0.25) is 0 Å². The molecule has 1 saturated heterocycles. The van der Waals surface area contributed by atoms with Crippen molar-refractivity contribution in [3.8, 4) is 5.75 Å². The van der Waals surface area contributed by atoms with Gasteiger partial charge in [-0.2, -0.15) is 0 Å². The average Bonchev–Trinajstić information content (AvgIpc) is 2.95. The summed E-state index contributed by atoms with van der Waals surface area (Å²) in [6, 6.07) is 16.7. The third-order valence-corrected chi connectivity index (χ3v) is 5.35. The molecular formula is C18H18O4S. The molecule has 1 aliphatic heterocycles. The molecule has 1 fully saturated rings. The second-order valence-electron chi connectivity index (χ2n) is 5.52. The maximum Gasteiger partial charge on any atom is 0.322 e. The predicted molar refractivity (Wildman–Crippen MR) is 87.8 cm³/mol.